The van der Waals surface area contributed by atoms with Crippen LogP contribution in [0.25, 0.3) is 0 Å². The molecule has 1 saturated heterocycles. The fourth-order valence-corrected chi connectivity index (χ4v) is 3.49. The minimum atomic E-state index is 0.542. The Morgan fingerprint density at radius 1 is 1.12 bits per heavy atom. The highest BCUT2D eigenvalue weighted by atomic mass is 16.5. The van der Waals surface area contributed by atoms with E-state index in [4.69, 9.17) is 4.74 Å². The lowest BCUT2D eigenvalue weighted by molar-refractivity contribution is 0.0132. The molecule has 0 aromatic heterocycles. The topological polar surface area (TPSA) is 52.1 Å². The lowest BCUT2D eigenvalue weighted by atomic mass is 10.0. The smallest absolute Gasteiger partial charge is 0.191 e. The molecule has 2 N–H and O–H groups in total. The number of nitrogens with zero attached hydrogens (tertiary/aromatic N) is 3. The van der Waals surface area contributed by atoms with Crippen LogP contribution in [0.5, 0.6) is 0 Å². The van der Waals surface area contributed by atoms with Crippen molar-refractivity contribution in [2.24, 2.45) is 10.9 Å². The number of guanidine groups is 1. The van der Waals surface area contributed by atoms with Gasteiger partial charge in [0.15, 0.2) is 5.96 Å². The van der Waals surface area contributed by atoms with Crippen LogP contribution in [0, 0.1) is 5.92 Å². The summed E-state index contributed by atoms with van der Waals surface area (Å²) in [4.78, 5) is 9.43. The summed E-state index contributed by atoms with van der Waals surface area (Å²) < 4.78 is 5.51. The van der Waals surface area contributed by atoms with E-state index in [1.807, 2.05) is 7.05 Å². The Balaban J connectivity index is 2.30. The van der Waals surface area contributed by atoms with Crippen molar-refractivity contribution in [3.05, 3.63) is 0 Å². The molecule has 6 heteroatoms. The number of nitrogens with one attached hydrogen (secondary N) is 2. The van der Waals surface area contributed by atoms with Crippen molar-refractivity contribution in [3.63, 3.8) is 0 Å². The van der Waals surface area contributed by atoms with E-state index in [0.717, 1.165) is 58.4 Å². The third-order valence-electron chi connectivity index (χ3n) is 5.12. The highest BCUT2D eigenvalue weighted by Crippen LogP contribution is 2.12. The van der Waals surface area contributed by atoms with Crippen molar-refractivity contribution >= 4 is 5.96 Å². The molecular weight excluding hydrogens is 326 g/mol. The minimum Gasteiger partial charge on any atom is -0.379 e. The van der Waals surface area contributed by atoms with Crippen LogP contribution in [-0.4, -0.2) is 87.9 Å². The van der Waals surface area contributed by atoms with Gasteiger partial charge in [0.25, 0.3) is 0 Å². The summed E-state index contributed by atoms with van der Waals surface area (Å²) in [6.07, 6.45) is 3.61. The third kappa shape index (κ3) is 9.74. The average Bonchev–Trinajstić information content (AvgIpc) is 2.66. The van der Waals surface area contributed by atoms with E-state index in [0.29, 0.717) is 12.0 Å². The van der Waals surface area contributed by atoms with Crippen LogP contribution in [0.15, 0.2) is 4.99 Å². The lowest BCUT2D eigenvalue weighted by Crippen LogP contribution is -2.51. The predicted molar refractivity (Wildman–Crippen MR) is 112 cm³/mol. The van der Waals surface area contributed by atoms with E-state index in [1.165, 1.54) is 25.8 Å². The summed E-state index contributed by atoms with van der Waals surface area (Å²) in [5.41, 5.74) is 0. The molecule has 154 valence electrons. The van der Waals surface area contributed by atoms with E-state index in [-0.39, 0.29) is 0 Å². The molecule has 0 radical (unpaired) electrons. The first-order chi connectivity index (χ1) is 12.6. The second-order valence-corrected chi connectivity index (χ2v) is 7.55. The molecule has 1 rings (SSSR count). The Kier molecular flexibility index (Phi) is 12.7. The van der Waals surface area contributed by atoms with Crippen molar-refractivity contribution in [2.45, 2.75) is 53.0 Å². The standard InChI is InChI=1S/C20H43N5O/c1-6-24(7-2)11-9-8-10-22-20(21-5)23-17-19(16-18(3)4)25-12-14-26-15-13-25/h18-19H,6-17H2,1-5H3,(H2,21,22,23). The summed E-state index contributed by atoms with van der Waals surface area (Å²) in [6.45, 7) is 18.3. The summed E-state index contributed by atoms with van der Waals surface area (Å²) in [5, 5.41) is 7.01. The predicted octanol–water partition coefficient (Wildman–Crippen LogP) is 2.02. The molecule has 6 nitrogen and oxygen atoms in total. The zero-order valence-electron chi connectivity index (χ0n) is 17.9. The highest BCUT2D eigenvalue weighted by molar-refractivity contribution is 5.79. The minimum absolute atomic E-state index is 0.542. The molecule has 1 heterocycles. The van der Waals surface area contributed by atoms with Crippen molar-refractivity contribution in [3.8, 4) is 0 Å². The zero-order valence-corrected chi connectivity index (χ0v) is 17.9. The Morgan fingerprint density at radius 3 is 2.38 bits per heavy atom. The molecule has 1 fully saturated rings. The van der Waals surface area contributed by atoms with Crippen molar-refractivity contribution in [1.29, 1.82) is 0 Å². The van der Waals surface area contributed by atoms with E-state index >= 15 is 0 Å². The molecule has 26 heavy (non-hydrogen) atoms. The van der Waals surface area contributed by atoms with E-state index in [2.05, 4.69) is 53.1 Å². The van der Waals surface area contributed by atoms with Crippen LogP contribution < -0.4 is 10.6 Å². The molecular formula is C20H43N5O. The van der Waals surface area contributed by atoms with Gasteiger partial charge in [-0.2, -0.15) is 0 Å². The Morgan fingerprint density at radius 2 is 1.81 bits per heavy atom. The second kappa shape index (κ2) is 14.2. The van der Waals surface area contributed by atoms with E-state index in [9.17, 15) is 0 Å². The quantitative estimate of drug-likeness (QED) is 0.313. The Bertz CT molecular complexity index is 365. The van der Waals surface area contributed by atoms with Gasteiger partial charge in [-0.15, -0.1) is 0 Å². The van der Waals surface area contributed by atoms with Crippen molar-refractivity contribution in [2.75, 3.05) is 66.1 Å². The Hall–Kier alpha value is -0.850. The molecule has 0 bridgehead atoms. The molecule has 0 aromatic carbocycles. The molecule has 1 aliphatic heterocycles. The van der Waals surface area contributed by atoms with Gasteiger partial charge in [0.1, 0.15) is 0 Å². The van der Waals surface area contributed by atoms with Gasteiger partial charge in [-0.05, 0) is 44.8 Å². The van der Waals surface area contributed by atoms with Crippen LogP contribution in [0.2, 0.25) is 0 Å². The average molecular weight is 370 g/mol. The fraction of sp³-hybridized carbons (Fsp3) is 0.950. The molecule has 1 unspecified atom stereocenters. The van der Waals surface area contributed by atoms with Gasteiger partial charge in [-0.1, -0.05) is 27.7 Å². The number of aliphatic imine (C=N–C) groups is 1. The summed E-state index contributed by atoms with van der Waals surface area (Å²) in [5.74, 6) is 1.62. The van der Waals surface area contributed by atoms with Crippen LogP contribution in [0.4, 0.5) is 0 Å². The molecule has 0 spiro atoms. The van der Waals surface area contributed by atoms with Crippen LogP contribution in [0.1, 0.15) is 47.0 Å². The molecule has 1 aliphatic rings. The number of hydrogen-bond acceptors (Lipinski definition) is 4. The van der Waals surface area contributed by atoms with Crippen LogP contribution in [-0.2, 0) is 4.74 Å². The number of ether oxygens (including phenoxy) is 1. The molecule has 0 aromatic rings. The molecule has 0 aliphatic carbocycles. The SMILES string of the molecule is CCN(CC)CCCCNC(=NC)NCC(CC(C)C)N1CCOCC1. The number of morpholine rings is 1. The van der Waals surface area contributed by atoms with Gasteiger partial charge in [0.2, 0.25) is 0 Å². The first kappa shape index (κ1) is 23.2. The maximum atomic E-state index is 5.51. The van der Waals surface area contributed by atoms with Gasteiger partial charge in [-0.3, -0.25) is 9.89 Å². The van der Waals surface area contributed by atoms with Gasteiger partial charge in [0.05, 0.1) is 13.2 Å². The normalized spacial score (nSPS) is 17.7. The van der Waals surface area contributed by atoms with Crippen LogP contribution in [0.3, 0.4) is 0 Å². The molecule has 0 saturated carbocycles. The zero-order chi connectivity index (χ0) is 19.2. The van der Waals surface area contributed by atoms with Crippen molar-refractivity contribution < 1.29 is 4.74 Å². The Labute approximate surface area is 161 Å². The van der Waals surface area contributed by atoms with Crippen molar-refractivity contribution in [1.82, 2.24) is 20.4 Å². The van der Waals surface area contributed by atoms with E-state index in [1.54, 1.807) is 0 Å². The third-order valence-corrected chi connectivity index (χ3v) is 5.12. The van der Waals surface area contributed by atoms with Gasteiger partial charge >= 0.3 is 0 Å². The number of rotatable bonds is 12. The van der Waals surface area contributed by atoms with E-state index < -0.39 is 0 Å². The maximum Gasteiger partial charge on any atom is 0.191 e. The second-order valence-electron chi connectivity index (χ2n) is 7.55. The number of hydrogen-bond donors (Lipinski definition) is 2. The van der Waals surface area contributed by atoms with Gasteiger partial charge < -0.3 is 20.3 Å². The summed E-state index contributed by atoms with van der Waals surface area (Å²) in [6, 6.07) is 0.542. The fourth-order valence-electron chi connectivity index (χ4n) is 3.49. The highest BCUT2D eigenvalue weighted by Gasteiger charge is 2.22. The van der Waals surface area contributed by atoms with Gasteiger partial charge in [0, 0.05) is 39.3 Å². The first-order valence-corrected chi connectivity index (χ1v) is 10.6. The molecule has 0 amide bonds. The first-order valence-electron chi connectivity index (χ1n) is 10.6. The summed E-state index contributed by atoms with van der Waals surface area (Å²) >= 11 is 0. The number of unbranched alkanes of at least 4 members (excludes halogenated alkanes) is 1. The largest absolute Gasteiger partial charge is 0.379 e. The summed E-state index contributed by atoms with van der Waals surface area (Å²) in [7, 11) is 1.86. The lowest BCUT2D eigenvalue weighted by Gasteiger charge is -2.35. The molecule has 1 atom stereocenters. The van der Waals surface area contributed by atoms with Crippen LogP contribution >= 0.6 is 0 Å². The van der Waals surface area contributed by atoms with Gasteiger partial charge in [-0.25, -0.2) is 0 Å². The maximum absolute atomic E-state index is 5.51. The monoisotopic (exact) mass is 369 g/mol.